The van der Waals surface area contributed by atoms with Crippen molar-refractivity contribution in [3.63, 3.8) is 0 Å². The molecule has 0 unspecified atom stereocenters. The van der Waals surface area contributed by atoms with E-state index in [0.29, 0.717) is 0 Å². The lowest BCUT2D eigenvalue weighted by Crippen LogP contribution is -2.14. The third-order valence-corrected chi connectivity index (χ3v) is 4.56. The lowest BCUT2D eigenvalue weighted by Gasteiger charge is -1.96. The Morgan fingerprint density at radius 3 is 3.06 bits per heavy atom. The Morgan fingerprint density at radius 1 is 1.50 bits per heavy atom. The van der Waals surface area contributed by atoms with E-state index in [1.54, 1.807) is 11.3 Å². The van der Waals surface area contributed by atoms with Gasteiger partial charge in [0.05, 0.1) is 10.6 Å². The first-order chi connectivity index (χ1) is 7.83. The molecule has 2 aromatic rings. The van der Waals surface area contributed by atoms with Crippen LogP contribution in [0.4, 0.5) is 0 Å². The van der Waals surface area contributed by atoms with Crippen LogP contribution in [0.2, 0.25) is 0 Å². The second kappa shape index (κ2) is 4.28. The zero-order valence-corrected chi connectivity index (χ0v) is 10.8. The Hall–Kier alpha value is -0.710. The molecule has 2 aromatic heterocycles. The second-order valence-corrected chi connectivity index (χ2v) is 6.38. The normalized spacial score (nSPS) is 15.6. The van der Waals surface area contributed by atoms with Gasteiger partial charge >= 0.3 is 0 Å². The highest BCUT2D eigenvalue weighted by Crippen LogP contribution is 2.31. The van der Waals surface area contributed by atoms with Gasteiger partial charge in [-0.05, 0) is 31.2 Å². The van der Waals surface area contributed by atoms with E-state index < -0.39 is 0 Å². The lowest BCUT2D eigenvalue weighted by atomic mass is 10.3. The smallest absolute Gasteiger partial charge is 0.107 e. The van der Waals surface area contributed by atoms with Crippen molar-refractivity contribution in [2.45, 2.75) is 32.4 Å². The van der Waals surface area contributed by atoms with Crippen LogP contribution >= 0.6 is 22.7 Å². The minimum Gasteiger partial charge on any atom is -0.308 e. The van der Waals surface area contributed by atoms with Gasteiger partial charge in [0.15, 0.2) is 0 Å². The number of thiophene rings is 1. The number of nitrogens with one attached hydrogen (secondary N) is 1. The van der Waals surface area contributed by atoms with E-state index in [0.717, 1.165) is 12.6 Å². The standard InChI is InChI=1S/C12H14N2S2/c1-8-12(10-3-2-6-15-10)14-11(16-8)7-13-9-4-5-9/h2-3,6,9,13H,4-5,7H2,1H3. The number of hydrogen-bond donors (Lipinski definition) is 1. The highest BCUT2D eigenvalue weighted by Gasteiger charge is 2.21. The van der Waals surface area contributed by atoms with E-state index in [2.05, 4.69) is 29.8 Å². The minimum absolute atomic E-state index is 0.759. The first kappa shape index (κ1) is 10.4. The van der Waals surface area contributed by atoms with Gasteiger partial charge in [0.1, 0.15) is 5.01 Å². The Bertz CT molecular complexity index is 469. The van der Waals surface area contributed by atoms with Crippen molar-refractivity contribution in [2.24, 2.45) is 0 Å². The van der Waals surface area contributed by atoms with E-state index >= 15 is 0 Å². The molecule has 2 nitrogen and oxygen atoms in total. The summed E-state index contributed by atoms with van der Waals surface area (Å²) in [5.74, 6) is 0. The van der Waals surface area contributed by atoms with Gasteiger partial charge in [-0.25, -0.2) is 4.98 Å². The van der Waals surface area contributed by atoms with Crippen LogP contribution in [0.15, 0.2) is 17.5 Å². The molecule has 1 N–H and O–H groups in total. The molecule has 1 saturated carbocycles. The maximum Gasteiger partial charge on any atom is 0.107 e. The fourth-order valence-corrected chi connectivity index (χ4v) is 3.42. The average Bonchev–Trinajstić information content (AvgIpc) is 2.80. The van der Waals surface area contributed by atoms with Gasteiger partial charge in [0, 0.05) is 17.5 Å². The van der Waals surface area contributed by atoms with Crippen LogP contribution in [0.1, 0.15) is 22.7 Å². The first-order valence-electron chi connectivity index (χ1n) is 5.56. The predicted molar refractivity (Wildman–Crippen MR) is 70.0 cm³/mol. The van der Waals surface area contributed by atoms with Crippen LogP contribution in [0.3, 0.4) is 0 Å². The molecule has 1 aliphatic rings. The van der Waals surface area contributed by atoms with E-state index in [4.69, 9.17) is 4.98 Å². The van der Waals surface area contributed by atoms with Gasteiger partial charge in [-0.15, -0.1) is 22.7 Å². The lowest BCUT2D eigenvalue weighted by molar-refractivity contribution is 0.685. The van der Waals surface area contributed by atoms with Gasteiger partial charge in [0.25, 0.3) is 0 Å². The zero-order chi connectivity index (χ0) is 11.0. The molecule has 0 bridgehead atoms. The number of nitrogens with zero attached hydrogens (tertiary/aromatic N) is 1. The minimum atomic E-state index is 0.759. The number of hydrogen-bond acceptors (Lipinski definition) is 4. The highest BCUT2D eigenvalue weighted by atomic mass is 32.1. The molecule has 0 atom stereocenters. The predicted octanol–water partition coefficient (Wildman–Crippen LogP) is 3.43. The number of thiazole rings is 1. The summed E-state index contributed by atoms with van der Waals surface area (Å²) < 4.78 is 0. The van der Waals surface area contributed by atoms with Crippen molar-refractivity contribution in [3.8, 4) is 10.6 Å². The fraction of sp³-hybridized carbons (Fsp3) is 0.417. The Morgan fingerprint density at radius 2 is 2.38 bits per heavy atom. The molecule has 0 spiro atoms. The van der Waals surface area contributed by atoms with Crippen molar-refractivity contribution in [1.82, 2.24) is 10.3 Å². The zero-order valence-electron chi connectivity index (χ0n) is 9.19. The molecule has 16 heavy (non-hydrogen) atoms. The number of aryl methyl sites for hydroxylation is 1. The average molecular weight is 250 g/mol. The van der Waals surface area contributed by atoms with Crippen molar-refractivity contribution in [3.05, 3.63) is 27.4 Å². The number of rotatable bonds is 4. The van der Waals surface area contributed by atoms with Crippen LogP contribution in [0, 0.1) is 6.92 Å². The van der Waals surface area contributed by atoms with Gasteiger partial charge < -0.3 is 5.32 Å². The Kier molecular flexibility index (Phi) is 2.79. The van der Waals surface area contributed by atoms with Crippen molar-refractivity contribution in [2.75, 3.05) is 0 Å². The molecule has 3 rings (SSSR count). The Balaban J connectivity index is 1.78. The van der Waals surface area contributed by atoms with Crippen LogP contribution in [-0.2, 0) is 6.54 Å². The van der Waals surface area contributed by atoms with Crippen LogP contribution in [-0.4, -0.2) is 11.0 Å². The van der Waals surface area contributed by atoms with Crippen molar-refractivity contribution in [1.29, 1.82) is 0 Å². The topological polar surface area (TPSA) is 24.9 Å². The summed E-state index contributed by atoms with van der Waals surface area (Å²) in [6.07, 6.45) is 2.67. The van der Waals surface area contributed by atoms with Crippen LogP contribution < -0.4 is 5.32 Å². The summed E-state index contributed by atoms with van der Waals surface area (Å²) in [5.41, 5.74) is 1.17. The van der Waals surface area contributed by atoms with E-state index in [-0.39, 0.29) is 0 Å². The van der Waals surface area contributed by atoms with E-state index in [1.807, 2.05) is 11.3 Å². The molecule has 0 aromatic carbocycles. The molecule has 0 amide bonds. The molecule has 4 heteroatoms. The van der Waals surface area contributed by atoms with E-state index in [9.17, 15) is 0 Å². The maximum absolute atomic E-state index is 4.72. The van der Waals surface area contributed by atoms with Crippen molar-refractivity contribution < 1.29 is 0 Å². The van der Waals surface area contributed by atoms with Gasteiger partial charge in [-0.1, -0.05) is 6.07 Å². The Labute approximate surface area is 103 Å². The maximum atomic E-state index is 4.72. The summed E-state index contributed by atoms with van der Waals surface area (Å²) in [4.78, 5) is 7.33. The molecule has 2 heterocycles. The molecule has 84 valence electrons. The molecule has 1 fully saturated rings. The molecule has 0 radical (unpaired) electrons. The van der Waals surface area contributed by atoms with Gasteiger partial charge in [0.2, 0.25) is 0 Å². The van der Waals surface area contributed by atoms with Crippen LogP contribution in [0.25, 0.3) is 10.6 Å². The molecule has 0 aliphatic heterocycles. The summed E-state index contributed by atoms with van der Waals surface area (Å²) >= 11 is 3.58. The number of aromatic nitrogens is 1. The quantitative estimate of drug-likeness (QED) is 0.899. The molecular weight excluding hydrogens is 236 g/mol. The fourth-order valence-electron chi connectivity index (χ4n) is 1.69. The summed E-state index contributed by atoms with van der Waals surface area (Å²) in [5, 5.41) is 6.83. The SMILES string of the molecule is Cc1sc(CNC2CC2)nc1-c1cccs1. The monoisotopic (exact) mass is 250 g/mol. The van der Waals surface area contributed by atoms with Gasteiger partial charge in [-0.2, -0.15) is 0 Å². The highest BCUT2D eigenvalue weighted by molar-refractivity contribution is 7.15. The summed E-state index contributed by atoms with van der Waals surface area (Å²) in [7, 11) is 0. The van der Waals surface area contributed by atoms with Crippen LogP contribution in [0.5, 0.6) is 0 Å². The first-order valence-corrected chi connectivity index (χ1v) is 7.26. The largest absolute Gasteiger partial charge is 0.308 e. The summed E-state index contributed by atoms with van der Waals surface area (Å²) in [6, 6.07) is 4.99. The molecule has 0 saturated heterocycles. The molecule has 1 aliphatic carbocycles. The third kappa shape index (κ3) is 2.19. The van der Waals surface area contributed by atoms with Crippen molar-refractivity contribution >= 4 is 22.7 Å². The summed E-state index contributed by atoms with van der Waals surface area (Å²) in [6.45, 7) is 3.09. The van der Waals surface area contributed by atoms with Gasteiger partial charge in [-0.3, -0.25) is 0 Å². The second-order valence-electron chi connectivity index (χ2n) is 4.14. The van der Waals surface area contributed by atoms with E-state index in [1.165, 1.54) is 33.3 Å². The third-order valence-electron chi connectivity index (χ3n) is 2.71. The molecular formula is C12H14N2S2.